The minimum atomic E-state index is -0.383. The van der Waals surface area contributed by atoms with E-state index in [0.717, 1.165) is 17.9 Å². The molecule has 2 aliphatic carbocycles. The number of benzene rings is 1. The van der Waals surface area contributed by atoms with Crippen LogP contribution in [0.25, 0.3) is 5.57 Å². The molecule has 0 bridgehead atoms. The average molecular weight is 311 g/mol. The fourth-order valence-corrected chi connectivity index (χ4v) is 3.25. The smallest absolute Gasteiger partial charge is 0.410 e. The third kappa shape index (κ3) is 3.66. The molecule has 23 heavy (non-hydrogen) atoms. The van der Waals surface area contributed by atoms with E-state index in [4.69, 9.17) is 4.74 Å². The number of carbonyl (C=O) groups excluding carboxylic acids is 1. The van der Waals surface area contributed by atoms with Crippen molar-refractivity contribution < 1.29 is 9.53 Å². The summed E-state index contributed by atoms with van der Waals surface area (Å²) in [6.45, 7) is 6.96. The van der Waals surface area contributed by atoms with Gasteiger partial charge in [0.05, 0.1) is 0 Å². The predicted molar refractivity (Wildman–Crippen MR) is 93.3 cm³/mol. The van der Waals surface area contributed by atoms with Crippen LogP contribution < -0.4 is 10.1 Å². The first kappa shape index (κ1) is 15.9. The van der Waals surface area contributed by atoms with Gasteiger partial charge in [-0.2, -0.15) is 0 Å². The summed E-state index contributed by atoms with van der Waals surface area (Å²) in [4.78, 5) is 11.8. The van der Waals surface area contributed by atoms with Crippen LogP contribution in [0, 0.1) is 17.8 Å². The van der Waals surface area contributed by atoms with Crippen LogP contribution in [0.15, 0.2) is 42.0 Å². The van der Waals surface area contributed by atoms with Crippen LogP contribution in [-0.2, 0) is 0 Å². The number of fused-ring (bicyclic) bond motifs is 1. The zero-order valence-corrected chi connectivity index (χ0v) is 14.1. The fourth-order valence-electron chi connectivity index (χ4n) is 3.25. The van der Waals surface area contributed by atoms with Gasteiger partial charge in [-0.1, -0.05) is 50.6 Å². The number of allylic oxidation sites excluding steroid dienone is 4. The van der Waals surface area contributed by atoms with Crippen molar-refractivity contribution >= 4 is 11.7 Å². The van der Waals surface area contributed by atoms with Gasteiger partial charge in [-0.25, -0.2) is 4.79 Å². The number of hydrogen-bond acceptors (Lipinski definition) is 2. The molecule has 0 spiro atoms. The van der Waals surface area contributed by atoms with Crippen LogP contribution in [0.5, 0.6) is 5.75 Å². The second kappa shape index (κ2) is 6.61. The van der Waals surface area contributed by atoms with E-state index >= 15 is 0 Å². The summed E-state index contributed by atoms with van der Waals surface area (Å²) in [5, 5.41) is 2.77. The van der Waals surface area contributed by atoms with Gasteiger partial charge in [0.1, 0.15) is 5.75 Å². The second-order valence-electron chi connectivity index (χ2n) is 6.86. The van der Waals surface area contributed by atoms with Crippen molar-refractivity contribution in [3.8, 4) is 5.75 Å². The average Bonchev–Trinajstić information content (AvgIpc) is 3.32. The number of ether oxygens (including phenoxy) is 1. The molecule has 0 radical (unpaired) electrons. The van der Waals surface area contributed by atoms with Gasteiger partial charge in [-0.05, 0) is 53.9 Å². The van der Waals surface area contributed by atoms with Gasteiger partial charge in [0.15, 0.2) is 0 Å². The molecule has 3 heteroatoms. The molecule has 0 heterocycles. The molecule has 1 aromatic carbocycles. The number of rotatable bonds is 5. The van der Waals surface area contributed by atoms with Crippen molar-refractivity contribution in [3.63, 3.8) is 0 Å². The first-order valence-corrected chi connectivity index (χ1v) is 8.55. The maximum atomic E-state index is 11.8. The molecule has 1 fully saturated rings. The molecule has 0 saturated heterocycles. The summed E-state index contributed by atoms with van der Waals surface area (Å²) < 4.78 is 5.39. The Kier molecular flexibility index (Phi) is 4.56. The zero-order chi connectivity index (χ0) is 16.4. The van der Waals surface area contributed by atoms with Crippen molar-refractivity contribution in [1.29, 1.82) is 0 Å². The lowest BCUT2D eigenvalue weighted by molar-refractivity contribution is 0.199. The number of carbonyl (C=O) groups is 1. The van der Waals surface area contributed by atoms with Crippen molar-refractivity contribution in [1.82, 2.24) is 5.32 Å². The third-order valence-electron chi connectivity index (χ3n) is 4.58. The lowest BCUT2D eigenvalue weighted by Crippen LogP contribution is -2.30. The highest BCUT2D eigenvalue weighted by Crippen LogP contribution is 2.55. The molecule has 1 amide bonds. The van der Waals surface area contributed by atoms with Crippen molar-refractivity contribution in [2.45, 2.75) is 33.6 Å². The third-order valence-corrected chi connectivity index (χ3v) is 4.58. The van der Waals surface area contributed by atoms with Crippen LogP contribution in [0.1, 0.15) is 39.2 Å². The predicted octanol–water partition coefficient (Wildman–Crippen LogP) is 4.80. The van der Waals surface area contributed by atoms with Gasteiger partial charge >= 0.3 is 6.09 Å². The summed E-state index contributed by atoms with van der Waals surface area (Å²) in [6.07, 6.45) is 6.53. The molecule has 1 saturated carbocycles. The van der Waals surface area contributed by atoms with Crippen LogP contribution in [0.2, 0.25) is 0 Å². The molecule has 1 aromatic rings. The highest BCUT2D eigenvalue weighted by Gasteiger charge is 2.43. The van der Waals surface area contributed by atoms with Gasteiger partial charge in [0.2, 0.25) is 0 Å². The van der Waals surface area contributed by atoms with Crippen LogP contribution in [0.3, 0.4) is 0 Å². The Morgan fingerprint density at radius 3 is 2.87 bits per heavy atom. The molecule has 1 N–H and O–H groups in total. The molecular formula is C20H25NO2. The van der Waals surface area contributed by atoms with Crippen LogP contribution >= 0.6 is 0 Å². The minimum absolute atomic E-state index is 0.383. The Balaban J connectivity index is 1.70. The summed E-state index contributed by atoms with van der Waals surface area (Å²) in [7, 11) is 0. The van der Waals surface area contributed by atoms with Crippen molar-refractivity contribution in [3.05, 3.63) is 47.6 Å². The fraction of sp³-hybridized carbons (Fsp3) is 0.450. The van der Waals surface area contributed by atoms with Gasteiger partial charge < -0.3 is 10.1 Å². The van der Waals surface area contributed by atoms with Crippen molar-refractivity contribution in [2.24, 2.45) is 17.8 Å². The zero-order valence-electron chi connectivity index (χ0n) is 14.1. The number of amides is 1. The van der Waals surface area contributed by atoms with E-state index in [1.54, 1.807) is 5.57 Å². The first-order chi connectivity index (χ1) is 11.1. The Hall–Kier alpha value is -2.03. The molecule has 3 nitrogen and oxygen atoms in total. The molecule has 2 atom stereocenters. The highest BCUT2D eigenvalue weighted by atomic mass is 16.6. The molecular weight excluding hydrogens is 286 g/mol. The van der Waals surface area contributed by atoms with E-state index in [1.165, 1.54) is 12.0 Å². The summed E-state index contributed by atoms with van der Waals surface area (Å²) >= 11 is 0. The molecule has 2 aliphatic rings. The highest BCUT2D eigenvalue weighted by molar-refractivity contribution is 5.76. The van der Waals surface area contributed by atoms with Crippen LogP contribution in [-0.4, -0.2) is 12.6 Å². The Bertz CT molecular complexity index is 657. The van der Waals surface area contributed by atoms with Crippen molar-refractivity contribution in [2.75, 3.05) is 6.54 Å². The normalized spacial score (nSPS) is 22.1. The van der Waals surface area contributed by atoms with Gasteiger partial charge in [0, 0.05) is 6.54 Å². The second-order valence-corrected chi connectivity index (χ2v) is 6.86. The Morgan fingerprint density at radius 1 is 1.30 bits per heavy atom. The molecule has 3 rings (SSSR count). The summed E-state index contributed by atoms with van der Waals surface area (Å²) in [5.74, 6) is 2.40. The van der Waals surface area contributed by atoms with Gasteiger partial charge in [-0.3, -0.25) is 0 Å². The minimum Gasteiger partial charge on any atom is -0.410 e. The number of hydrogen-bond donors (Lipinski definition) is 1. The molecule has 1 unspecified atom stereocenters. The van der Waals surface area contributed by atoms with E-state index in [-0.39, 0.29) is 6.09 Å². The van der Waals surface area contributed by atoms with Gasteiger partial charge in [-0.15, -0.1) is 0 Å². The van der Waals surface area contributed by atoms with E-state index < -0.39 is 0 Å². The van der Waals surface area contributed by atoms with E-state index in [0.29, 0.717) is 24.1 Å². The Morgan fingerprint density at radius 2 is 2.13 bits per heavy atom. The monoisotopic (exact) mass is 311 g/mol. The topological polar surface area (TPSA) is 38.3 Å². The maximum Gasteiger partial charge on any atom is 0.412 e. The maximum absolute atomic E-state index is 11.8. The quantitative estimate of drug-likeness (QED) is 0.848. The van der Waals surface area contributed by atoms with Gasteiger partial charge in [0.25, 0.3) is 0 Å². The first-order valence-electron chi connectivity index (χ1n) is 8.55. The lowest BCUT2D eigenvalue weighted by Gasteiger charge is -2.14. The SMILES string of the molecule is CCC1=CC=C(c2cccc(OC(=O)NCC(C)C)c2)C2C[C@@H]12. The van der Waals surface area contributed by atoms with E-state index in [2.05, 4.69) is 44.3 Å². The molecule has 0 aliphatic heterocycles. The lowest BCUT2D eigenvalue weighted by atomic mass is 9.92. The largest absolute Gasteiger partial charge is 0.412 e. The van der Waals surface area contributed by atoms with E-state index in [1.807, 2.05) is 18.2 Å². The molecule has 0 aromatic heterocycles. The van der Waals surface area contributed by atoms with E-state index in [9.17, 15) is 4.79 Å². The van der Waals surface area contributed by atoms with Crippen LogP contribution in [0.4, 0.5) is 4.79 Å². The molecule has 122 valence electrons. The standard InChI is InChI=1S/C20H25NO2/c1-4-14-8-9-17(19-11-18(14)19)15-6-5-7-16(10-15)23-20(22)21-12-13(2)3/h5-10,13,18-19H,4,11-12H2,1-3H3,(H,21,22)/t18-,19?/m0/s1. The summed E-state index contributed by atoms with van der Waals surface area (Å²) in [5.41, 5.74) is 4.11. The summed E-state index contributed by atoms with van der Waals surface area (Å²) in [6, 6.07) is 7.86. The number of nitrogens with one attached hydrogen (secondary N) is 1. The Labute approximate surface area is 138 Å².